The van der Waals surface area contributed by atoms with E-state index in [2.05, 4.69) is 11.9 Å². The number of aromatic nitrogens is 1. The number of para-hydroxylation sites is 1. The molecule has 0 radical (unpaired) electrons. The van der Waals surface area contributed by atoms with Crippen LogP contribution in [-0.2, 0) is 27.8 Å². The Hall–Kier alpha value is -3.18. The Labute approximate surface area is 241 Å². The van der Waals surface area contributed by atoms with Crippen LogP contribution in [0.2, 0.25) is 0 Å². The van der Waals surface area contributed by atoms with E-state index in [1.54, 1.807) is 42.1 Å². The average Bonchev–Trinajstić information content (AvgIpc) is 2.98. The number of pyridine rings is 1. The summed E-state index contributed by atoms with van der Waals surface area (Å²) in [6.07, 6.45) is 6.39. The Morgan fingerprint density at radius 2 is 1.70 bits per heavy atom. The molecule has 1 heterocycles. The van der Waals surface area contributed by atoms with Crippen LogP contribution in [0.15, 0.2) is 78.0 Å². The van der Waals surface area contributed by atoms with Crippen LogP contribution in [0.4, 0.5) is 0 Å². The number of carbonyl (C=O) groups excluding carboxylic acids is 1. The van der Waals surface area contributed by atoms with E-state index < -0.39 is 22.0 Å². The van der Waals surface area contributed by atoms with Gasteiger partial charge in [-0.3, -0.25) is 15.0 Å². The van der Waals surface area contributed by atoms with Gasteiger partial charge in [0.25, 0.3) is 5.91 Å². The lowest BCUT2D eigenvalue weighted by Gasteiger charge is -2.38. The summed E-state index contributed by atoms with van der Waals surface area (Å²) in [4.78, 5) is 17.2. The smallest absolute Gasteiger partial charge is 0.262 e. The minimum absolute atomic E-state index is 0. The molecule has 1 aromatic heterocycles. The zero-order valence-electron chi connectivity index (χ0n) is 22.6. The Balaban J connectivity index is 0.00000441. The van der Waals surface area contributed by atoms with Gasteiger partial charge in [-0.1, -0.05) is 25.1 Å². The normalized spacial score (nSPS) is 17.9. The highest BCUT2D eigenvalue weighted by atomic mass is 35.5. The van der Waals surface area contributed by atoms with Gasteiger partial charge in [-0.25, -0.2) is 13.9 Å². The zero-order chi connectivity index (χ0) is 27.8. The summed E-state index contributed by atoms with van der Waals surface area (Å²) >= 11 is 0. The average molecular weight is 590 g/mol. The lowest BCUT2D eigenvalue weighted by molar-refractivity contribution is -0.135. The van der Waals surface area contributed by atoms with E-state index in [0.29, 0.717) is 37.0 Å². The predicted molar refractivity (Wildman–Crippen MR) is 153 cm³/mol. The van der Waals surface area contributed by atoms with Crippen molar-refractivity contribution in [2.45, 2.75) is 62.6 Å². The Bertz CT molecular complexity index is 1330. The number of hydrogen-bond acceptors (Lipinski definition) is 7. The number of nitrogens with one attached hydrogen (secondary N) is 1. The second-order valence-corrected chi connectivity index (χ2v) is 11.5. The molecule has 2 aromatic carbocycles. The molecular weight excluding hydrogens is 554 g/mol. The highest BCUT2D eigenvalue weighted by Crippen LogP contribution is 2.35. The number of sulfonamides is 1. The maximum atomic E-state index is 14.0. The number of aryl methyl sites for hydroxylation is 1. The van der Waals surface area contributed by atoms with Crippen molar-refractivity contribution in [3.05, 3.63) is 84.2 Å². The monoisotopic (exact) mass is 589 g/mol. The van der Waals surface area contributed by atoms with E-state index in [1.807, 2.05) is 24.3 Å². The molecule has 3 aromatic rings. The molecule has 216 valence electrons. The molecule has 0 saturated heterocycles. The van der Waals surface area contributed by atoms with Gasteiger partial charge in [0.15, 0.2) is 0 Å². The Morgan fingerprint density at radius 1 is 1.05 bits per heavy atom. The topological polar surface area (TPSA) is 118 Å². The first-order chi connectivity index (χ1) is 18.9. The fourth-order valence-electron chi connectivity index (χ4n) is 5.14. The van der Waals surface area contributed by atoms with Gasteiger partial charge in [-0.2, -0.15) is 4.31 Å². The largest absolute Gasteiger partial charge is 0.497 e. The summed E-state index contributed by atoms with van der Waals surface area (Å²) in [5.74, 6) is 0.284. The number of methoxy groups -OCH3 is 1. The minimum Gasteiger partial charge on any atom is -0.497 e. The third kappa shape index (κ3) is 7.31. The summed E-state index contributed by atoms with van der Waals surface area (Å²) < 4.78 is 40.7. The van der Waals surface area contributed by atoms with Crippen molar-refractivity contribution in [2.75, 3.05) is 7.11 Å². The summed E-state index contributed by atoms with van der Waals surface area (Å²) in [5, 5.41) is 9.69. The first-order valence-corrected chi connectivity index (χ1v) is 14.5. The number of ether oxygens (including phenoxy) is 2. The molecule has 1 amide bonds. The molecule has 11 heteroatoms. The van der Waals surface area contributed by atoms with Gasteiger partial charge in [0.1, 0.15) is 17.5 Å². The standard InChI is InChI=1S/C29H35N3O6S.ClH/c1-3-22-6-4-5-7-27(22)38-25-10-8-23(9-11-25)28(29(33)31-34)32(20-21-16-18-30-19-17-21)39(35,36)26-14-12-24(37-2)13-15-26;/h4-7,12-19,23,25,28,34H,3,8-11,20H2,1-2H3,(H,31,33);1H/t23?,25?,28-;/m1./s1. The number of hydroxylamine groups is 1. The van der Waals surface area contributed by atoms with Crippen LogP contribution in [0.1, 0.15) is 43.7 Å². The molecule has 1 fully saturated rings. The first-order valence-electron chi connectivity index (χ1n) is 13.1. The summed E-state index contributed by atoms with van der Waals surface area (Å²) in [6, 6.07) is 16.3. The molecule has 1 aliphatic rings. The van der Waals surface area contributed by atoms with Gasteiger partial charge in [-0.05, 0) is 91.6 Å². The van der Waals surface area contributed by atoms with Crippen molar-refractivity contribution in [3.63, 3.8) is 0 Å². The maximum Gasteiger partial charge on any atom is 0.262 e. The lowest BCUT2D eigenvalue weighted by atomic mass is 9.82. The second-order valence-electron chi connectivity index (χ2n) is 9.62. The molecule has 40 heavy (non-hydrogen) atoms. The van der Waals surface area contributed by atoms with Crippen LogP contribution in [-0.4, -0.2) is 48.1 Å². The number of amides is 1. The molecule has 0 bridgehead atoms. The van der Waals surface area contributed by atoms with Crippen molar-refractivity contribution >= 4 is 28.3 Å². The maximum absolute atomic E-state index is 14.0. The molecule has 0 unspecified atom stereocenters. The molecule has 1 atom stereocenters. The van der Waals surface area contributed by atoms with Crippen molar-refractivity contribution in [3.8, 4) is 11.5 Å². The SMILES string of the molecule is CCc1ccccc1OC1CCC([C@H](C(=O)NO)N(Cc2ccncc2)S(=O)(=O)c2ccc(OC)cc2)CC1.Cl. The molecule has 1 saturated carbocycles. The number of benzene rings is 2. The molecular formula is C29H36ClN3O6S. The van der Waals surface area contributed by atoms with E-state index in [4.69, 9.17) is 9.47 Å². The number of carbonyl (C=O) groups is 1. The molecule has 0 spiro atoms. The summed E-state index contributed by atoms with van der Waals surface area (Å²) in [7, 11) is -2.64. The van der Waals surface area contributed by atoms with Gasteiger partial charge in [0.05, 0.1) is 18.1 Å². The minimum atomic E-state index is -4.14. The number of halogens is 1. The Kier molecular flexibility index (Phi) is 11.3. The van der Waals surface area contributed by atoms with Gasteiger partial charge >= 0.3 is 0 Å². The van der Waals surface area contributed by atoms with Crippen LogP contribution in [0.25, 0.3) is 0 Å². The fourth-order valence-corrected chi connectivity index (χ4v) is 6.78. The Morgan fingerprint density at radius 3 is 2.30 bits per heavy atom. The molecule has 2 N–H and O–H groups in total. The van der Waals surface area contributed by atoms with E-state index >= 15 is 0 Å². The second kappa shape index (κ2) is 14.5. The van der Waals surface area contributed by atoms with Crippen LogP contribution in [0, 0.1) is 5.92 Å². The van der Waals surface area contributed by atoms with E-state index in [-0.39, 0.29) is 35.9 Å². The molecule has 4 rings (SSSR count). The zero-order valence-corrected chi connectivity index (χ0v) is 24.2. The van der Waals surface area contributed by atoms with E-state index in [1.165, 1.54) is 23.5 Å². The van der Waals surface area contributed by atoms with Crippen LogP contribution in [0.5, 0.6) is 11.5 Å². The first kappa shape index (κ1) is 31.3. The predicted octanol–water partition coefficient (Wildman–Crippen LogP) is 4.78. The van der Waals surface area contributed by atoms with E-state index in [0.717, 1.165) is 17.7 Å². The van der Waals surface area contributed by atoms with Gasteiger partial charge < -0.3 is 9.47 Å². The lowest BCUT2D eigenvalue weighted by Crippen LogP contribution is -2.53. The van der Waals surface area contributed by atoms with E-state index in [9.17, 15) is 18.4 Å². The van der Waals surface area contributed by atoms with Crippen molar-refractivity contribution in [2.24, 2.45) is 5.92 Å². The van der Waals surface area contributed by atoms with Crippen molar-refractivity contribution < 1.29 is 27.9 Å². The molecule has 1 aliphatic carbocycles. The fraction of sp³-hybridized carbons (Fsp3) is 0.379. The summed E-state index contributed by atoms with van der Waals surface area (Å²) in [5.41, 5.74) is 3.53. The third-order valence-corrected chi connectivity index (χ3v) is 9.10. The highest BCUT2D eigenvalue weighted by Gasteiger charge is 2.42. The third-order valence-electron chi connectivity index (χ3n) is 7.26. The summed E-state index contributed by atoms with van der Waals surface area (Å²) in [6.45, 7) is 2.02. The number of rotatable bonds is 11. The van der Waals surface area contributed by atoms with Gasteiger partial charge in [-0.15, -0.1) is 12.4 Å². The van der Waals surface area contributed by atoms with Crippen LogP contribution >= 0.6 is 12.4 Å². The molecule has 0 aliphatic heterocycles. The quantitative estimate of drug-likeness (QED) is 0.244. The number of hydrogen-bond donors (Lipinski definition) is 2. The van der Waals surface area contributed by atoms with Crippen LogP contribution in [0.3, 0.4) is 0 Å². The van der Waals surface area contributed by atoms with Gasteiger partial charge in [0.2, 0.25) is 10.0 Å². The number of nitrogens with zero attached hydrogens (tertiary/aromatic N) is 2. The van der Waals surface area contributed by atoms with Crippen molar-refractivity contribution in [1.29, 1.82) is 0 Å². The molecule has 9 nitrogen and oxygen atoms in total. The van der Waals surface area contributed by atoms with Crippen molar-refractivity contribution in [1.82, 2.24) is 14.8 Å². The highest BCUT2D eigenvalue weighted by molar-refractivity contribution is 7.89. The van der Waals surface area contributed by atoms with Gasteiger partial charge in [0, 0.05) is 18.9 Å². The van der Waals surface area contributed by atoms with Crippen LogP contribution < -0.4 is 15.0 Å².